The second-order valence-electron chi connectivity index (χ2n) is 3.65. The van der Waals surface area contributed by atoms with Gasteiger partial charge in [0.1, 0.15) is 5.78 Å². The summed E-state index contributed by atoms with van der Waals surface area (Å²) in [7, 11) is 0. The number of carbonyl (C=O) groups excluding carboxylic acids is 1. The number of thiophene rings is 1. The summed E-state index contributed by atoms with van der Waals surface area (Å²) >= 11 is 5.23. The van der Waals surface area contributed by atoms with E-state index >= 15 is 0 Å². The molecule has 1 aliphatic carbocycles. The molecular formula is C10H11BrOS. The largest absolute Gasteiger partial charge is 0.299 e. The van der Waals surface area contributed by atoms with Gasteiger partial charge in [-0.3, -0.25) is 4.79 Å². The average molecular weight is 259 g/mol. The summed E-state index contributed by atoms with van der Waals surface area (Å²) in [5.74, 6) is 0.321. The zero-order chi connectivity index (χ0) is 9.64. The summed E-state index contributed by atoms with van der Waals surface area (Å²) in [6.07, 6.45) is 2.07. The van der Waals surface area contributed by atoms with Crippen LogP contribution < -0.4 is 0 Å². The minimum atomic E-state index is -0.0958. The molecule has 0 aromatic carbocycles. The minimum absolute atomic E-state index is 0.0958. The molecule has 0 atom stereocenters. The van der Waals surface area contributed by atoms with Gasteiger partial charge in [0.25, 0.3) is 0 Å². The molecule has 3 heteroatoms. The molecule has 0 bridgehead atoms. The summed E-state index contributed by atoms with van der Waals surface area (Å²) in [4.78, 5) is 13.9. The number of ketones is 1. The maximum absolute atomic E-state index is 11.4. The molecule has 70 valence electrons. The van der Waals surface area contributed by atoms with Crippen molar-refractivity contribution in [2.75, 3.05) is 0 Å². The minimum Gasteiger partial charge on any atom is -0.299 e. The Hall–Kier alpha value is -0.150. The molecule has 0 N–H and O–H groups in total. The molecule has 2 rings (SSSR count). The Morgan fingerprint density at radius 2 is 2.23 bits per heavy atom. The van der Waals surface area contributed by atoms with E-state index in [-0.39, 0.29) is 5.41 Å². The molecule has 1 nitrogen and oxygen atoms in total. The van der Waals surface area contributed by atoms with E-state index < -0.39 is 0 Å². The Morgan fingerprint density at radius 3 is 2.54 bits per heavy atom. The van der Waals surface area contributed by atoms with E-state index in [0.717, 1.165) is 17.3 Å². The number of aryl methyl sites for hydroxylation is 1. The van der Waals surface area contributed by atoms with E-state index in [4.69, 9.17) is 0 Å². The highest BCUT2D eigenvalue weighted by molar-refractivity contribution is 9.10. The third kappa shape index (κ3) is 1.38. The molecule has 0 radical (unpaired) electrons. The van der Waals surface area contributed by atoms with Gasteiger partial charge in [0.2, 0.25) is 0 Å². The maximum atomic E-state index is 11.4. The fourth-order valence-electron chi connectivity index (χ4n) is 1.59. The second-order valence-corrected chi connectivity index (χ2v) is 5.76. The van der Waals surface area contributed by atoms with Crippen LogP contribution in [0.1, 0.15) is 29.5 Å². The predicted molar refractivity (Wildman–Crippen MR) is 58.3 cm³/mol. The molecule has 1 saturated carbocycles. The molecule has 0 aliphatic heterocycles. The van der Waals surface area contributed by atoms with Crippen LogP contribution in [-0.4, -0.2) is 5.78 Å². The van der Waals surface area contributed by atoms with Crippen LogP contribution in [0.4, 0.5) is 0 Å². The van der Waals surface area contributed by atoms with Gasteiger partial charge in [-0.05, 0) is 48.7 Å². The van der Waals surface area contributed by atoms with Crippen molar-refractivity contribution in [1.82, 2.24) is 0 Å². The summed E-state index contributed by atoms with van der Waals surface area (Å²) in [5.41, 5.74) is -0.0958. The Morgan fingerprint density at radius 1 is 1.62 bits per heavy atom. The van der Waals surface area contributed by atoms with E-state index in [2.05, 4.69) is 28.9 Å². The van der Waals surface area contributed by atoms with E-state index in [9.17, 15) is 4.79 Å². The van der Waals surface area contributed by atoms with Crippen LogP contribution in [0, 0.1) is 6.92 Å². The molecule has 0 amide bonds. The lowest BCUT2D eigenvalue weighted by molar-refractivity contribution is -0.119. The molecule has 1 heterocycles. The Balaban J connectivity index is 2.41. The maximum Gasteiger partial charge on any atom is 0.141 e. The summed E-state index contributed by atoms with van der Waals surface area (Å²) < 4.78 is 1.14. The van der Waals surface area contributed by atoms with Crippen LogP contribution in [-0.2, 0) is 10.2 Å². The third-order valence-corrected chi connectivity index (χ3v) is 5.09. The molecule has 1 aromatic rings. The third-order valence-electron chi connectivity index (χ3n) is 2.75. The highest BCUT2D eigenvalue weighted by Crippen LogP contribution is 2.52. The van der Waals surface area contributed by atoms with E-state index in [0.29, 0.717) is 5.78 Å². The van der Waals surface area contributed by atoms with Gasteiger partial charge in [-0.25, -0.2) is 0 Å². The number of carbonyl (C=O) groups is 1. The fraction of sp³-hybridized carbons (Fsp3) is 0.500. The number of Topliss-reactive ketones (excluding diaryl/α,β-unsaturated/α-hetero) is 1. The lowest BCUT2D eigenvalue weighted by Crippen LogP contribution is -2.14. The Bertz CT molecular complexity index is 344. The first kappa shape index (κ1) is 9.41. The van der Waals surface area contributed by atoms with Crippen molar-refractivity contribution in [3.05, 3.63) is 20.3 Å². The van der Waals surface area contributed by atoms with Crippen LogP contribution in [0.25, 0.3) is 0 Å². The average Bonchev–Trinajstić information content (AvgIpc) is 2.77. The van der Waals surface area contributed by atoms with Gasteiger partial charge in [-0.1, -0.05) is 0 Å². The monoisotopic (exact) mass is 258 g/mol. The quantitative estimate of drug-likeness (QED) is 0.795. The summed E-state index contributed by atoms with van der Waals surface area (Å²) in [6, 6.07) is 2.11. The topological polar surface area (TPSA) is 17.1 Å². The van der Waals surface area contributed by atoms with Gasteiger partial charge in [0.15, 0.2) is 0 Å². The molecule has 0 unspecified atom stereocenters. The van der Waals surface area contributed by atoms with Crippen LogP contribution in [0.15, 0.2) is 10.5 Å². The molecule has 1 fully saturated rings. The number of hydrogen-bond donors (Lipinski definition) is 0. The summed E-state index contributed by atoms with van der Waals surface area (Å²) in [5, 5.41) is 0. The standard InChI is InChI=1S/C10H11BrOS/c1-6-8(11)5-9(13-6)10(3-4-10)7(2)12/h5H,3-4H2,1-2H3. The van der Waals surface area contributed by atoms with E-state index in [1.165, 1.54) is 9.75 Å². The molecule has 0 spiro atoms. The number of rotatable bonds is 2. The first-order valence-electron chi connectivity index (χ1n) is 4.34. The van der Waals surface area contributed by atoms with Crippen molar-refractivity contribution < 1.29 is 4.79 Å². The molecule has 1 aliphatic rings. The zero-order valence-electron chi connectivity index (χ0n) is 7.69. The van der Waals surface area contributed by atoms with Crippen LogP contribution in [0.3, 0.4) is 0 Å². The fourth-order valence-corrected chi connectivity index (χ4v) is 3.42. The molecule has 1 aromatic heterocycles. The Labute approximate surface area is 90.3 Å². The molecular weight excluding hydrogens is 248 g/mol. The van der Waals surface area contributed by atoms with Crippen molar-refractivity contribution >= 4 is 33.0 Å². The number of hydrogen-bond acceptors (Lipinski definition) is 2. The van der Waals surface area contributed by atoms with Crippen molar-refractivity contribution in [1.29, 1.82) is 0 Å². The lowest BCUT2D eigenvalue weighted by atomic mass is 10.0. The number of halogens is 1. The van der Waals surface area contributed by atoms with Gasteiger partial charge in [0.05, 0.1) is 5.41 Å². The lowest BCUT2D eigenvalue weighted by Gasteiger charge is -2.06. The van der Waals surface area contributed by atoms with Crippen molar-refractivity contribution in [2.45, 2.75) is 32.1 Å². The smallest absolute Gasteiger partial charge is 0.141 e. The van der Waals surface area contributed by atoms with Gasteiger partial charge in [0, 0.05) is 14.2 Å². The normalized spacial score (nSPS) is 18.7. The van der Waals surface area contributed by atoms with Crippen molar-refractivity contribution in [3.63, 3.8) is 0 Å². The van der Waals surface area contributed by atoms with E-state index in [1.54, 1.807) is 18.3 Å². The SMILES string of the molecule is CC(=O)C1(c2cc(Br)c(C)s2)CC1. The van der Waals surface area contributed by atoms with Crippen molar-refractivity contribution in [2.24, 2.45) is 0 Å². The second kappa shape index (κ2) is 2.92. The molecule has 13 heavy (non-hydrogen) atoms. The van der Waals surface area contributed by atoms with Gasteiger partial charge in [-0.15, -0.1) is 11.3 Å². The first-order chi connectivity index (χ1) is 6.06. The van der Waals surface area contributed by atoms with Gasteiger partial charge >= 0.3 is 0 Å². The molecule has 0 saturated heterocycles. The first-order valence-corrected chi connectivity index (χ1v) is 5.95. The zero-order valence-corrected chi connectivity index (χ0v) is 10.1. The predicted octanol–water partition coefficient (Wildman–Crippen LogP) is 3.44. The van der Waals surface area contributed by atoms with Crippen LogP contribution in [0.5, 0.6) is 0 Å². The van der Waals surface area contributed by atoms with Crippen LogP contribution >= 0.6 is 27.3 Å². The highest BCUT2D eigenvalue weighted by atomic mass is 79.9. The summed E-state index contributed by atoms with van der Waals surface area (Å²) in [6.45, 7) is 3.78. The van der Waals surface area contributed by atoms with Crippen LogP contribution in [0.2, 0.25) is 0 Å². The Kier molecular flexibility index (Phi) is 2.11. The van der Waals surface area contributed by atoms with Crippen molar-refractivity contribution in [3.8, 4) is 0 Å². The highest BCUT2D eigenvalue weighted by Gasteiger charge is 2.49. The van der Waals surface area contributed by atoms with Gasteiger partial charge in [-0.2, -0.15) is 0 Å². The van der Waals surface area contributed by atoms with Gasteiger partial charge < -0.3 is 0 Å². The van der Waals surface area contributed by atoms with E-state index in [1.807, 2.05) is 0 Å².